The molecule has 0 unspecified atom stereocenters. The first-order valence-electron chi connectivity index (χ1n) is 9.43. The van der Waals surface area contributed by atoms with E-state index in [0.717, 1.165) is 12.8 Å². The lowest BCUT2D eigenvalue weighted by Crippen LogP contribution is -2.39. The molecule has 0 heterocycles. The van der Waals surface area contributed by atoms with Crippen molar-refractivity contribution < 1.29 is 27.5 Å². The molecule has 0 aliphatic heterocycles. The quantitative estimate of drug-likeness (QED) is 0.240. The molecule has 0 spiro atoms. The number of anilines is 1. The lowest BCUT2D eigenvalue weighted by atomic mass is 10.2. The fraction of sp³-hybridized carbons (Fsp3) is 0.250. The summed E-state index contributed by atoms with van der Waals surface area (Å²) in [5, 5.41) is 5.08. The molecule has 32 heavy (non-hydrogen) atoms. The number of sulfonamides is 1. The second kappa shape index (κ2) is 11.4. The molecular formula is C20H21Br2N3O6S. The summed E-state index contributed by atoms with van der Waals surface area (Å²) in [7, 11) is -4.07. The molecule has 0 saturated heterocycles. The van der Waals surface area contributed by atoms with E-state index in [0.29, 0.717) is 21.2 Å². The third-order valence-corrected chi connectivity index (χ3v) is 6.36. The molecule has 0 aliphatic carbocycles. The molecule has 0 saturated carbocycles. The summed E-state index contributed by atoms with van der Waals surface area (Å²) >= 11 is 6.54. The van der Waals surface area contributed by atoms with Crippen LogP contribution in [-0.4, -0.2) is 32.9 Å². The Morgan fingerprint density at radius 1 is 1.06 bits per heavy atom. The van der Waals surface area contributed by atoms with Gasteiger partial charge < -0.3 is 15.4 Å². The molecule has 12 heteroatoms. The predicted octanol–water partition coefficient (Wildman–Crippen LogP) is 4.18. The number of carbonyl (C=O) groups excluding carboxylic acids is 3. The van der Waals surface area contributed by atoms with Crippen LogP contribution in [0.5, 0.6) is 5.75 Å². The van der Waals surface area contributed by atoms with Gasteiger partial charge in [0.05, 0.1) is 14.9 Å². The number of benzene rings is 2. The van der Waals surface area contributed by atoms with Gasteiger partial charge in [0.25, 0.3) is 15.9 Å². The molecule has 0 fully saturated rings. The second-order valence-corrected chi connectivity index (χ2v) is 10.0. The van der Waals surface area contributed by atoms with Gasteiger partial charge in [-0.2, -0.15) is 0 Å². The maximum absolute atomic E-state index is 12.7. The van der Waals surface area contributed by atoms with Gasteiger partial charge in [0, 0.05) is 23.6 Å². The number of unbranched alkanes of at least 4 members (excludes halogenated alkanes) is 1. The minimum Gasteiger partial charge on any atom is -0.425 e. The highest BCUT2D eigenvalue weighted by Crippen LogP contribution is 2.33. The van der Waals surface area contributed by atoms with Crippen LogP contribution < -0.4 is 20.1 Å². The summed E-state index contributed by atoms with van der Waals surface area (Å²) < 4.78 is 32.7. The third-order valence-electron chi connectivity index (χ3n) is 3.96. The molecule has 2 aromatic rings. The lowest BCUT2D eigenvalue weighted by molar-refractivity contribution is -0.131. The van der Waals surface area contributed by atoms with E-state index in [-0.39, 0.29) is 16.2 Å². The smallest absolute Gasteiger partial charge is 0.328 e. The van der Waals surface area contributed by atoms with Crippen LogP contribution in [-0.2, 0) is 14.8 Å². The number of amides is 3. The van der Waals surface area contributed by atoms with Gasteiger partial charge in [0.1, 0.15) is 0 Å². The number of urea groups is 1. The Labute approximate surface area is 202 Å². The van der Waals surface area contributed by atoms with Crippen molar-refractivity contribution in [2.45, 2.75) is 31.6 Å². The number of ether oxygens (including phenoxy) is 1. The Morgan fingerprint density at radius 2 is 1.72 bits per heavy atom. The first-order valence-corrected chi connectivity index (χ1v) is 12.5. The molecule has 2 rings (SSSR count). The SMILES string of the molecule is CCCCNC(=O)NS(=O)(=O)c1ccc(NC(=O)c2cc(Br)cc(Br)c2OC(C)=O)cc1. The van der Waals surface area contributed by atoms with Gasteiger partial charge in [0.15, 0.2) is 5.75 Å². The molecule has 9 nitrogen and oxygen atoms in total. The number of nitrogens with one attached hydrogen (secondary N) is 3. The lowest BCUT2D eigenvalue weighted by Gasteiger charge is -2.13. The first kappa shape index (κ1) is 25.8. The highest BCUT2D eigenvalue weighted by Gasteiger charge is 2.20. The van der Waals surface area contributed by atoms with Crippen molar-refractivity contribution in [1.82, 2.24) is 10.0 Å². The molecule has 172 valence electrons. The van der Waals surface area contributed by atoms with Gasteiger partial charge in [-0.3, -0.25) is 9.59 Å². The van der Waals surface area contributed by atoms with Gasteiger partial charge in [-0.05, 0) is 58.7 Å². The van der Waals surface area contributed by atoms with Gasteiger partial charge in [-0.15, -0.1) is 0 Å². The van der Waals surface area contributed by atoms with Crippen LogP contribution in [0.25, 0.3) is 0 Å². The van der Waals surface area contributed by atoms with Crippen molar-refractivity contribution in [3.63, 3.8) is 0 Å². The van der Waals surface area contributed by atoms with E-state index in [4.69, 9.17) is 4.74 Å². The van der Waals surface area contributed by atoms with Crippen molar-refractivity contribution in [3.8, 4) is 5.75 Å². The fourth-order valence-corrected chi connectivity index (χ4v) is 4.72. The number of hydrogen-bond donors (Lipinski definition) is 3. The molecule has 0 radical (unpaired) electrons. The van der Waals surface area contributed by atoms with E-state index < -0.39 is 27.9 Å². The number of halogens is 2. The summed E-state index contributed by atoms with van der Waals surface area (Å²) in [4.78, 5) is 35.7. The monoisotopic (exact) mass is 589 g/mol. The Bertz CT molecular complexity index is 1120. The van der Waals surface area contributed by atoms with Gasteiger partial charge >= 0.3 is 12.0 Å². The molecule has 0 atom stereocenters. The van der Waals surface area contributed by atoms with Crippen molar-refractivity contribution in [1.29, 1.82) is 0 Å². The Balaban J connectivity index is 2.15. The Kier molecular flexibility index (Phi) is 9.22. The number of rotatable bonds is 8. The standard InChI is InChI=1S/C20H21Br2N3O6S/c1-3-4-9-23-20(28)25-32(29,30)15-7-5-14(6-8-15)24-19(27)16-10-13(21)11-17(22)18(16)31-12(2)26/h5-8,10-11H,3-4,9H2,1-2H3,(H,24,27)(H2,23,25,28). The van der Waals surface area contributed by atoms with E-state index in [1.165, 1.54) is 37.3 Å². The van der Waals surface area contributed by atoms with Crippen LogP contribution in [0.2, 0.25) is 0 Å². The molecule has 3 N–H and O–H groups in total. The van der Waals surface area contributed by atoms with Gasteiger partial charge in [-0.1, -0.05) is 29.3 Å². The summed E-state index contributed by atoms with van der Waals surface area (Å²) in [5.41, 5.74) is 0.384. The van der Waals surface area contributed by atoms with E-state index in [1.807, 2.05) is 11.6 Å². The first-order chi connectivity index (χ1) is 15.0. The zero-order chi connectivity index (χ0) is 23.9. The molecular weight excluding hydrogens is 570 g/mol. The second-order valence-electron chi connectivity index (χ2n) is 6.55. The highest BCUT2D eigenvalue weighted by molar-refractivity contribution is 9.11. The summed E-state index contributed by atoms with van der Waals surface area (Å²) in [6, 6.07) is 7.55. The molecule has 0 bridgehead atoms. The van der Waals surface area contributed by atoms with Gasteiger partial charge in [-0.25, -0.2) is 17.9 Å². The average molecular weight is 591 g/mol. The van der Waals surface area contributed by atoms with Crippen LogP contribution in [0.15, 0.2) is 50.2 Å². The van der Waals surface area contributed by atoms with Crippen LogP contribution in [0.3, 0.4) is 0 Å². The maximum atomic E-state index is 12.7. The summed E-state index contributed by atoms with van der Waals surface area (Å²) in [6.07, 6.45) is 1.59. The number of esters is 1. The molecule has 0 aromatic heterocycles. The molecule has 0 aliphatic rings. The largest absolute Gasteiger partial charge is 0.425 e. The molecule has 2 aromatic carbocycles. The van der Waals surface area contributed by atoms with E-state index >= 15 is 0 Å². The van der Waals surface area contributed by atoms with Crippen LogP contribution in [0.4, 0.5) is 10.5 Å². The average Bonchev–Trinajstić information content (AvgIpc) is 2.69. The normalized spacial score (nSPS) is 10.9. The van der Waals surface area contributed by atoms with Crippen molar-refractivity contribution >= 4 is 65.5 Å². The van der Waals surface area contributed by atoms with E-state index in [1.54, 1.807) is 6.07 Å². The Hall–Kier alpha value is -2.44. The Morgan fingerprint density at radius 3 is 2.31 bits per heavy atom. The summed E-state index contributed by atoms with van der Waals surface area (Å²) in [5.74, 6) is -1.12. The highest BCUT2D eigenvalue weighted by atomic mass is 79.9. The van der Waals surface area contributed by atoms with Crippen molar-refractivity contribution in [2.24, 2.45) is 0 Å². The number of hydrogen-bond acceptors (Lipinski definition) is 6. The summed E-state index contributed by atoms with van der Waals surface area (Å²) in [6.45, 7) is 3.53. The maximum Gasteiger partial charge on any atom is 0.328 e. The van der Waals surface area contributed by atoms with E-state index in [9.17, 15) is 22.8 Å². The van der Waals surface area contributed by atoms with Crippen molar-refractivity contribution in [2.75, 3.05) is 11.9 Å². The fourth-order valence-electron chi connectivity index (χ4n) is 2.49. The predicted molar refractivity (Wildman–Crippen MR) is 126 cm³/mol. The topological polar surface area (TPSA) is 131 Å². The molecule has 3 amide bonds. The van der Waals surface area contributed by atoms with Crippen LogP contribution >= 0.6 is 31.9 Å². The van der Waals surface area contributed by atoms with Gasteiger partial charge in [0.2, 0.25) is 0 Å². The zero-order valence-electron chi connectivity index (χ0n) is 17.2. The zero-order valence-corrected chi connectivity index (χ0v) is 21.2. The van der Waals surface area contributed by atoms with E-state index in [2.05, 4.69) is 42.5 Å². The van der Waals surface area contributed by atoms with Crippen LogP contribution in [0.1, 0.15) is 37.0 Å². The van der Waals surface area contributed by atoms with Crippen molar-refractivity contribution in [3.05, 3.63) is 50.9 Å². The third kappa shape index (κ3) is 7.31. The number of carbonyl (C=O) groups is 3. The van der Waals surface area contributed by atoms with Crippen LogP contribution in [0, 0.1) is 0 Å². The minimum atomic E-state index is -4.07. The minimum absolute atomic E-state index is 0.0516.